The average molecular weight is 386 g/mol. The molecule has 1 saturated heterocycles. The summed E-state index contributed by atoms with van der Waals surface area (Å²) in [5, 5.41) is 0. The van der Waals surface area contributed by atoms with Crippen LogP contribution in [0.3, 0.4) is 0 Å². The minimum absolute atomic E-state index is 0.0347. The van der Waals surface area contributed by atoms with Gasteiger partial charge in [0.05, 0.1) is 17.0 Å². The van der Waals surface area contributed by atoms with Gasteiger partial charge in [0.2, 0.25) is 0 Å². The highest BCUT2D eigenvalue weighted by Crippen LogP contribution is 2.39. The molecule has 2 aromatic carbocycles. The van der Waals surface area contributed by atoms with Gasteiger partial charge in [-0.1, -0.05) is 30.3 Å². The van der Waals surface area contributed by atoms with E-state index in [1.165, 1.54) is 14.2 Å². The standard InChI is InChI=1S/C24H29NO3/c1-27-22-14-19-13-20(24(26)21(19)15-23(22)28-2)12-17-8-10-25(11-9-17)16-18-6-4-3-5-7-18/h3-7,14-15,17,20H,8-13,16H2,1-2H3/i13D2,14D,15D,16D2. The summed E-state index contributed by atoms with van der Waals surface area (Å²) in [4.78, 5) is 15.1. The van der Waals surface area contributed by atoms with Crippen LogP contribution in [-0.4, -0.2) is 38.0 Å². The fourth-order valence-electron chi connectivity index (χ4n) is 3.94. The lowest BCUT2D eigenvalue weighted by molar-refractivity contribution is 0.0895. The molecular formula is C24H29NO3. The van der Waals surface area contributed by atoms with E-state index in [1.54, 1.807) is 17.0 Å². The molecule has 0 saturated carbocycles. The Morgan fingerprint density at radius 2 is 1.82 bits per heavy atom. The first kappa shape index (κ1) is 13.0. The van der Waals surface area contributed by atoms with Crippen molar-refractivity contribution in [3.63, 3.8) is 0 Å². The number of methoxy groups -OCH3 is 2. The maximum Gasteiger partial charge on any atom is 0.166 e. The zero-order valence-electron chi connectivity index (χ0n) is 22.2. The van der Waals surface area contributed by atoms with Crippen LogP contribution in [0, 0.1) is 11.8 Å². The van der Waals surface area contributed by atoms with Crippen LogP contribution in [0.2, 0.25) is 0 Å². The minimum Gasteiger partial charge on any atom is -0.493 e. The monoisotopic (exact) mass is 385 g/mol. The van der Waals surface area contributed by atoms with E-state index in [1.807, 2.05) is 18.2 Å². The maximum absolute atomic E-state index is 13.3. The summed E-state index contributed by atoms with van der Waals surface area (Å²) in [5.74, 6) is -1.52. The molecule has 4 heteroatoms. The van der Waals surface area contributed by atoms with Crippen LogP contribution in [0.5, 0.6) is 11.5 Å². The van der Waals surface area contributed by atoms with Crippen molar-refractivity contribution in [1.82, 2.24) is 4.90 Å². The minimum atomic E-state index is -2.10. The Hall–Kier alpha value is -2.33. The van der Waals surface area contributed by atoms with Crippen LogP contribution >= 0.6 is 0 Å². The molecule has 1 unspecified atom stereocenters. The van der Waals surface area contributed by atoms with Crippen LogP contribution in [0.25, 0.3) is 0 Å². The van der Waals surface area contributed by atoms with Gasteiger partial charge in [0.1, 0.15) is 0 Å². The molecule has 4 rings (SSSR count). The highest BCUT2D eigenvalue weighted by atomic mass is 16.5. The first-order valence-electron chi connectivity index (χ1n) is 12.7. The molecule has 1 aliphatic carbocycles. The molecule has 0 N–H and O–H groups in total. The van der Waals surface area contributed by atoms with Crippen LogP contribution in [0.4, 0.5) is 0 Å². The molecule has 0 aromatic heterocycles. The van der Waals surface area contributed by atoms with Crippen LogP contribution in [0.1, 0.15) is 49.0 Å². The number of carbonyl (C=O) groups is 1. The maximum atomic E-state index is 13.3. The van der Waals surface area contributed by atoms with E-state index < -0.39 is 24.6 Å². The van der Waals surface area contributed by atoms with Gasteiger partial charge in [-0.25, -0.2) is 0 Å². The van der Waals surface area contributed by atoms with Crippen molar-refractivity contribution < 1.29 is 22.5 Å². The number of rotatable bonds is 6. The zero-order valence-corrected chi connectivity index (χ0v) is 16.2. The van der Waals surface area contributed by atoms with Gasteiger partial charge < -0.3 is 9.47 Å². The quantitative estimate of drug-likeness (QED) is 0.741. The fourth-order valence-corrected chi connectivity index (χ4v) is 3.94. The Morgan fingerprint density at radius 3 is 2.50 bits per heavy atom. The molecule has 148 valence electrons. The third-order valence-corrected chi connectivity index (χ3v) is 5.47. The van der Waals surface area contributed by atoms with E-state index in [9.17, 15) is 4.79 Å². The molecule has 1 atom stereocenters. The van der Waals surface area contributed by atoms with Gasteiger partial charge in [0.25, 0.3) is 0 Å². The number of carbonyl (C=O) groups excluding carboxylic acids is 1. The smallest absolute Gasteiger partial charge is 0.166 e. The second-order valence-electron chi connectivity index (χ2n) is 7.27. The van der Waals surface area contributed by atoms with Gasteiger partial charge in [-0.2, -0.15) is 0 Å². The number of hydrogen-bond donors (Lipinski definition) is 0. The SMILES string of the molecule is [2H]c1c(OC)c(OC)c([2H])c2c1C(=O)C(CC1CCN(C([2H])([2H])c3ccccc3)CC1)C2([2H])[2H]. The number of likely N-dealkylation sites (tertiary alicyclic amines) is 1. The number of ketones is 1. The number of Topliss-reactive ketones (excluding diaryl/α,β-unsaturated/α-hetero) is 1. The number of piperidine rings is 1. The summed E-state index contributed by atoms with van der Waals surface area (Å²) in [7, 11) is 2.66. The van der Waals surface area contributed by atoms with Gasteiger partial charge in [-0.05, 0) is 67.9 Å². The highest BCUT2D eigenvalue weighted by molar-refractivity contribution is 6.02. The van der Waals surface area contributed by atoms with E-state index in [4.69, 9.17) is 17.7 Å². The molecule has 0 spiro atoms. The molecule has 0 radical (unpaired) electrons. The van der Waals surface area contributed by atoms with Crippen molar-refractivity contribution in [1.29, 1.82) is 0 Å². The first-order valence-corrected chi connectivity index (χ1v) is 9.66. The summed E-state index contributed by atoms with van der Waals surface area (Å²) < 4.78 is 62.0. The molecule has 4 nitrogen and oxygen atoms in total. The van der Waals surface area contributed by atoms with Crippen LogP contribution in [0.15, 0.2) is 42.4 Å². The van der Waals surface area contributed by atoms with Gasteiger partial charge in [-0.15, -0.1) is 0 Å². The van der Waals surface area contributed by atoms with Gasteiger partial charge in [0.15, 0.2) is 17.3 Å². The predicted molar refractivity (Wildman–Crippen MR) is 110 cm³/mol. The Balaban J connectivity index is 1.54. The first-order chi connectivity index (χ1) is 16.1. The average Bonchev–Trinajstić information content (AvgIpc) is 3.02. The van der Waals surface area contributed by atoms with Crippen molar-refractivity contribution in [2.75, 3.05) is 27.3 Å². The zero-order chi connectivity index (χ0) is 24.8. The normalized spacial score (nSPS) is 25.6. The molecule has 0 bridgehead atoms. The summed E-state index contributed by atoms with van der Waals surface area (Å²) in [6.45, 7) is -0.607. The topological polar surface area (TPSA) is 38.8 Å². The van der Waals surface area contributed by atoms with E-state index in [0.29, 0.717) is 31.5 Å². The van der Waals surface area contributed by atoms with Crippen LogP contribution < -0.4 is 9.47 Å². The van der Waals surface area contributed by atoms with Gasteiger partial charge in [0, 0.05) is 23.5 Å². The molecule has 2 aromatic rings. The number of benzene rings is 2. The molecule has 2 aliphatic rings. The van der Waals surface area contributed by atoms with Crippen molar-refractivity contribution in [3.8, 4) is 11.5 Å². The van der Waals surface area contributed by atoms with E-state index in [2.05, 4.69) is 0 Å². The number of hydrogen-bond acceptors (Lipinski definition) is 4. The molecular weight excluding hydrogens is 350 g/mol. The third-order valence-electron chi connectivity index (χ3n) is 5.47. The Kier molecular flexibility index (Phi) is 3.88. The highest BCUT2D eigenvalue weighted by Gasteiger charge is 2.34. The van der Waals surface area contributed by atoms with Gasteiger partial charge >= 0.3 is 0 Å². The van der Waals surface area contributed by atoms with Crippen LogP contribution in [-0.2, 0) is 12.9 Å². The fraction of sp³-hybridized carbons (Fsp3) is 0.458. The summed E-state index contributed by atoms with van der Waals surface area (Å²) in [6.07, 6.45) is -0.547. The molecule has 0 amide bonds. The van der Waals surface area contributed by atoms with Gasteiger partial charge in [-0.3, -0.25) is 9.69 Å². The summed E-state index contributed by atoms with van der Waals surface area (Å²) in [6, 6.07) is 8.53. The molecule has 1 fully saturated rings. The lowest BCUT2D eigenvalue weighted by Crippen LogP contribution is -2.34. The Labute approximate surface area is 175 Å². The number of fused-ring (bicyclic) bond motifs is 1. The van der Waals surface area contributed by atoms with Crippen molar-refractivity contribution in [2.45, 2.75) is 32.1 Å². The molecule has 1 heterocycles. The Morgan fingerprint density at radius 1 is 1.14 bits per heavy atom. The van der Waals surface area contributed by atoms with Crippen molar-refractivity contribution >= 4 is 5.78 Å². The number of nitrogens with zero attached hydrogens (tertiary/aromatic N) is 1. The summed E-state index contributed by atoms with van der Waals surface area (Å²) >= 11 is 0. The second kappa shape index (κ2) is 8.36. The molecule has 1 aliphatic heterocycles. The van der Waals surface area contributed by atoms with E-state index in [0.717, 1.165) is 0 Å². The third kappa shape index (κ3) is 3.93. The predicted octanol–water partition coefficient (Wildman–Crippen LogP) is 4.36. The van der Waals surface area contributed by atoms with E-state index >= 15 is 0 Å². The Bertz CT molecular complexity index is 1080. The van der Waals surface area contributed by atoms with Crippen molar-refractivity contribution in [2.24, 2.45) is 11.8 Å². The summed E-state index contributed by atoms with van der Waals surface area (Å²) in [5.41, 5.74) is 0.415. The lowest BCUT2D eigenvalue weighted by atomic mass is 9.85. The molecule has 28 heavy (non-hydrogen) atoms. The van der Waals surface area contributed by atoms with E-state index in [-0.39, 0.29) is 47.0 Å². The largest absolute Gasteiger partial charge is 0.493 e. The lowest BCUT2D eigenvalue weighted by Gasteiger charge is -2.32. The number of ether oxygens (including phenoxy) is 2. The van der Waals surface area contributed by atoms with Crippen molar-refractivity contribution in [3.05, 3.63) is 59.1 Å². The second-order valence-corrected chi connectivity index (χ2v) is 7.27.